The van der Waals surface area contributed by atoms with Crippen LogP contribution in [0, 0.1) is 0 Å². The van der Waals surface area contributed by atoms with Gasteiger partial charge in [0.15, 0.2) is 6.61 Å². The van der Waals surface area contributed by atoms with E-state index in [1.165, 1.54) is 24.3 Å². The Bertz CT molecular complexity index is 764. The molecule has 0 heterocycles. The van der Waals surface area contributed by atoms with Crippen LogP contribution in [-0.2, 0) is 9.53 Å². The number of hydrogen-bond donors (Lipinski definition) is 3. The molecule has 0 aromatic heterocycles. The Kier molecular flexibility index (Phi) is 5.31. The number of phenols is 2. The number of esters is 1. The van der Waals surface area contributed by atoms with Gasteiger partial charge in [-0.05, 0) is 30.3 Å². The molecule has 8 heteroatoms. The van der Waals surface area contributed by atoms with Gasteiger partial charge in [0, 0.05) is 11.1 Å². The topological polar surface area (TPSA) is 95.9 Å². The second kappa shape index (κ2) is 7.21. The maximum atomic E-state index is 11.8. The van der Waals surface area contributed by atoms with Gasteiger partial charge in [-0.2, -0.15) is 0 Å². The number of ether oxygens (including phenoxy) is 1. The van der Waals surface area contributed by atoms with Crippen molar-refractivity contribution < 1.29 is 24.5 Å². The smallest absolute Gasteiger partial charge is 0.342 e. The number of rotatable bonds is 4. The quantitative estimate of drug-likeness (QED) is 0.731. The van der Waals surface area contributed by atoms with E-state index in [9.17, 15) is 14.7 Å². The number of nitrogens with one attached hydrogen (secondary N) is 1. The third-order valence-electron chi connectivity index (χ3n) is 2.74. The van der Waals surface area contributed by atoms with E-state index in [0.717, 1.165) is 6.07 Å². The van der Waals surface area contributed by atoms with Crippen LogP contribution in [0.4, 0.5) is 5.69 Å². The summed E-state index contributed by atoms with van der Waals surface area (Å²) in [6.07, 6.45) is 0. The van der Waals surface area contributed by atoms with Crippen molar-refractivity contribution in [2.75, 3.05) is 11.9 Å². The van der Waals surface area contributed by atoms with Crippen molar-refractivity contribution in [3.63, 3.8) is 0 Å². The molecule has 23 heavy (non-hydrogen) atoms. The van der Waals surface area contributed by atoms with Gasteiger partial charge < -0.3 is 20.3 Å². The Morgan fingerprint density at radius 1 is 1.09 bits per heavy atom. The first-order chi connectivity index (χ1) is 10.9. The summed E-state index contributed by atoms with van der Waals surface area (Å²) in [7, 11) is 0. The molecule has 6 nitrogen and oxygen atoms in total. The maximum Gasteiger partial charge on any atom is 0.342 e. The van der Waals surface area contributed by atoms with Crippen molar-refractivity contribution in [3.8, 4) is 11.5 Å². The molecule has 0 aliphatic carbocycles. The van der Waals surface area contributed by atoms with Gasteiger partial charge in [0.2, 0.25) is 0 Å². The number of aromatic hydroxyl groups is 2. The van der Waals surface area contributed by atoms with Crippen LogP contribution in [0.25, 0.3) is 0 Å². The van der Waals surface area contributed by atoms with E-state index in [4.69, 9.17) is 33.0 Å². The van der Waals surface area contributed by atoms with Gasteiger partial charge in [-0.1, -0.05) is 23.2 Å². The van der Waals surface area contributed by atoms with E-state index in [1.54, 1.807) is 6.07 Å². The van der Waals surface area contributed by atoms with Gasteiger partial charge in [-0.25, -0.2) is 4.79 Å². The van der Waals surface area contributed by atoms with Crippen LogP contribution in [0.3, 0.4) is 0 Å². The SMILES string of the molecule is O=C(COC(=O)c1ccc(O)cc1O)Nc1ccc(Cl)cc1Cl. The second-order valence-corrected chi connectivity index (χ2v) is 5.29. The molecule has 0 bridgehead atoms. The van der Waals surface area contributed by atoms with Crippen LogP contribution >= 0.6 is 23.2 Å². The summed E-state index contributed by atoms with van der Waals surface area (Å²) in [6.45, 7) is -0.571. The van der Waals surface area contributed by atoms with Gasteiger partial charge in [0.1, 0.15) is 17.1 Å². The van der Waals surface area contributed by atoms with E-state index < -0.39 is 24.2 Å². The summed E-state index contributed by atoms with van der Waals surface area (Å²) >= 11 is 11.6. The van der Waals surface area contributed by atoms with Gasteiger partial charge in [-0.15, -0.1) is 0 Å². The van der Waals surface area contributed by atoms with E-state index in [0.29, 0.717) is 10.7 Å². The molecule has 0 atom stereocenters. The summed E-state index contributed by atoms with van der Waals surface area (Å²) in [5, 5.41) is 21.8. The molecule has 0 radical (unpaired) electrons. The molecule has 0 unspecified atom stereocenters. The van der Waals surface area contributed by atoms with Gasteiger partial charge in [0.25, 0.3) is 5.91 Å². The Morgan fingerprint density at radius 3 is 2.48 bits per heavy atom. The van der Waals surface area contributed by atoms with Crippen LogP contribution in [0.5, 0.6) is 11.5 Å². The summed E-state index contributed by atoms with van der Waals surface area (Å²) in [6, 6.07) is 7.90. The normalized spacial score (nSPS) is 10.2. The van der Waals surface area contributed by atoms with Crippen molar-refractivity contribution in [2.24, 2.45) is 0 Å². The first kappa shape index (κ1) is 16.9. The molecule has 2 aromatic carbocycles. The van der Waals surface area contributed by atoms with E-state index in [-0.39, 0.29) is 16.3 Å². The van der Waals surface area contributed by atoms with Crippen LogP contribution in [0.15, 0.2) is 36.4 Å². The van der Waals surface area contributed by atoms with Gasteiger partial charge >= 0.3 is 5.97 Å². The van der Waals surface area contributed by atoms with Crippen molar-refractivity contribution in [1.82, 2.24) is 0 Å². The van der Waals surface area contributed by atoms with Crippen molar-refractivity contribution in [3.05, 3.63) is 52.0 Å². The van der Waals surface area contributed by atoms with Crippen LogP contribution in [-0.4, -0.2) is 28.7 Å². The Hall–Kier alpha value is -2.44. The van der Waals surface area contributed by atoms with Crippen LogP contribution in [0.1, 0.15) is 10.4 Å². The van der Waals surface area contributed by atoms with Gasteiger partial charge in [-0.3, -0.25) is 4.79 Å². The lowest BCUT2D eigenvalue weighted by molar-refractivity contribution is -0.119. The van der Waals surface area contributed by atoms with Crippen LogP contribution in [0.2, 0.25) is 10.0 Å². The number of amides is 1. The molecule has 2 rings (SSSR count). The monoisotopic (exact) mass is 355 g/mol. The molecule has 0 spiro atoms. The third kappa shape index (κ3) is 4.51. The number of halogens is 2. The highest BCUT2D eigenvalue weighted by atomic mass is 35.5. The number of carbonyl (C=O) groups excluding carboxylic acids is 2. The summed E-state index contributed by atoms with van der Waals surface area (Å²) in [5.74, 6) is -2.16. The minimum atomic E-state index is -0.903. The number of hydrogen-bond acceptors (Lipinski definition) is 5. The molecule has 0 saturated carbocycles. The minimum absolute atomic E-state index is 0.167. The lowest BCUT2D eigenvalue weighted by Gasteiger charge is -2.09. The average Bonchev–Trinajstić information content (AvgIpc) is 2.48. The molecular weight excluding hydrogens is 345 g/mol. The average molecular weight is 356 g/mol. The lowest BCUT2D eigenvalue weighted by atomic mass is 10.2. The largest absolute Gasteiger partial charge is 0.508 e. The third-order valence-corrected chi connectivity index (χ3v) is 3.29. The molecule has 0 aliphatic heterocycles. The molecule has 0 fully saturated rings. The fourth-order valence-electron chi connectivity index (χ4n) is 1.68. The number of benzene rings is 2. The standard InChI is InChI=1S/C15H11Cl2NO5/c16-8-1-4-12(11(17)5-8)18-14(21)7-23-15(22)10-3-2-9(19)6-13(10)20/h1-6,19-20H,7H2,(H,18,21). The molecule has 120 valence electrons. The molecule has 3 N–H and O–H groups in total. The summed E-state index contributed by atoms with van der Waals surface area (Å²) in [5.41, 5.74) is 0.157. The lowest BCUT2D eigenvalue weighted by Crippen LogP contribution is -2.21. The number of carbonyl (C=O) groups is 2. The van der Waals surface area contributed by atoms with Crippen molar-refractivity contribution >= 4 is 40.8 Å². The van der Waals surface area contributed by atoms with E-state index in [2.05, 4.69) is 5.32 Å². The van der Waals surface area contributed by atoms with E-state index in [1.807, 2.05) is 0 Å². The Labute approximate surface area is 141 Å². The van der Waals surface area contributed by atoms with Crippen molar-refractivity contribution in [1.29, 1.82) is 0 Å². The summed E-state index contributed by atoms with van der Waals surface area (Å²) < 4.78 is 4.78. The molecule has 0 saturated heterocycles. The maximum absolute atomic E-state index is 11.8. The van der Waals surface area contributed by atoms with Crippen LogP contribution < -0.4 is 5.32 Å². The van der Waals surface area contributed by atoms with E-state index >= 15 is 0 Å². The molecule has 2 aromatic rings. The highest BCUT2D eigenvalue weighted by Gasteiger charge is 2.15. The first-order valence-corrected chi connectivity index (χ1v) is 7.06. The van der Waals surface area contributed by atoms with Gasteiger partial charge in [0.05, 0.1) is 10.7 Å². The summed E-state index contributed by atoms with van der Waals surface area (Å²) in [4.78, 5) is 23.5. The number of anilines is 1. The zero-order valence-corrected chi connectivity index (χ0v) is 13.1. The fraction of sp³-hybridized carbons (Fsp3) is 0.0667. The molecule has 1 amide bonds. The second-order valence-electron chi connectivity index (χ2n) is 4.45. The zero-order valence-electron chi connectivity index (χ0n) is 11.5. The first-order valence-electron chi connectivity index (χ1n) is 6.31. The zero-order chi connectivity index (χ0) is 17.0. The highest BCUT2D eigenvalue weighted by Crippen LogP contribution is 2.25. The molecular formula is C15H11Cl2NO5. The Morgan fingerprint density at radius 2 is 1.83 bits per heavy atom. The fourth-order valence-corrected chi connectivity index (χ4v) is 2.13. The predicted octanol–water partition coefficient (Wildman–Crippen LogP) is 3.20. The van der Waals surface area contributed by atoms with Crippen molar-refractivity contribution in [2.45, 2.75) is 0 Å². The minimum Gasteiger partial charge on any atom is -0.508 e. The molecule has 0 aliphatic rings. The predicted molar refractivity (Wildman–Crippen MR) is 85.1 cm³/mol. The number of phenolic OH excluding ortho intramolecular Hbond substituents is 2. The highest BCUT2D eigenvalue weighted by molar-refractivity contribution is 6.36. The Balaban J connectivity index is 1.94.